The van der Waals surface area contributed by atoms with E-state index in [0.29, 0.717) is 24.7 Å². The molecule has 1 aliphatic heterocycles. The van der Waals surface area contributed by atoms with E-state index in [1.54, 1.807) is 0 Å². The van der Waals surface area contributed by atoms with Crippen molar-refractivity contribution in [3.63, 3.8) is 0 Å². The first-order valence-electron chi connectivity index (χ1n) is 5.80. The molecule has 0 aromatic rings. The van der Waals surface area contributed by atoms with Crippen LogP contribution in [0.2, 0.25) is 6.32 Å². The van der Waals surface area contributed by atoms with Gasteiger partial charge in [-0.05, 0) is 30.5 Å². The summed E-state index contributed by atoms with van der Waals surface area (Å²) in [5.41, 5.74) is -0.231. The topological polar surface area (TPSA) is 89.8 Å². The number of carboxylic acids is 1. The van der Waals surface area contributed by atoms with Crippen LogP contribution in [0.15, 0.2) is 0 Å². The van der Waals surface area contributed by atoms with Gasteiger partial charge in [0, 0.05) is 6.04 Å². The fourth-order valence-corrected chi connectivity index (χ4v) is 3.08. The lowest BCUT2D eigenvalue weighted by Crippen LogP contribution is -2.45. The van der Waals surface area contributed by atoms with Crippen molar-refractivity contribution in [2.24, 2.45) is 11.3 Å². The van der Waals surface area contributed by atoms with Gasteiger partial charge in [-0.25, -0.2) is 0 Å². The molecule has 2 rings (SSSR count). The third-order valence-corrected chi connectivity index (χ3v) is 4.10. The van der Waals surface area contributed by atoms with Gasteiger partial charge in [0.15, 0.2) is 0 Å². The zero-order valence-electron chi connectivity index (χ0n) is 9.39. The van der Waals surface area contributed by atoms with E-state index in [1.165, 1.54) is 0 Å². The first-order valence-corrected chi connectivity index (χ1v) is 5.80. The maximum absolute atomic E-state index is 11.1. The maximum Gasteiger partial charge on any atom is 0.451 e. The molecule has 2 aliphatic rings. The van der Waals surface area contributed by atoms with Crippen LogP contribution in [0.1, 0.15) is 26.2 Å². The second kappa shape index (κ2) is 4.02. The minimum Gasteiger partial charge on any atom is -0.480 e. The van der Waals surface area contributed by atoms with E-state index in [1.807, 2.05) is 6.92 Å². The van der Waals surface area contributed by atoms with Crippen LogP contribution in [0.3, 0.4) is 0 Å². The highest BCUT2D eigenvalue weighted by atomic mass is 16.4. The van der Waals surface area contributed by atoms with E-state index in [4.69, 9.17) is 15.2 Å². The maximum atomic E-state index is 11.1. The van der Waals surface area contributed by atoms with Crippen molar-refractivity contribution in [3.8, 4) is 0 Å². The number of hydrogen-bond donors (Lipinski definition) is 4. The van der Waals surface area contributed by atoms with E-state index in [0.717, 1.165) is 12.8 Å². The lowest BCUT2D eigenvalue weighted by Gasteiger charge is -2.31. The molecule has 0 aromatic carbocycles. The first kappa shape index (κ1) is 11.9. The molecule has 0 spiro atoms. The third-order valence-electron chi connectivity index (χ3n) is 4.10. The van der Waals surface area contributed by atoms with Crippen molar-refractivity contribution in [2.45, 2.75) is 44.6 Å². The highest BCUT2D eigenvalue weighted by Crippen LogP contribution is 2.56. The van der Waals surface area contributed by atoms with E-state index >= 15 is 0 Å². The van der Waals surface area contributed by atoms with Crippen molar-refractivity contribution < 1.29 is 19.9 Å². The van der Waals surface area contributed by atoms with Crippen molar-refractivity contribution in [1.82, 2.24) is 5.32 Å². The van der Waals surface area contributed by atoms with Gasteiger partial charge >= 0.3 is 13.1 Å². The molecule has 2 fully saturated rings. The molecule has 1 saturated heterocycles. The van der Waals surface area contributed by atoms with Crippen LogP contribution >= 0.6 is 0 Å². The molecule has 4 N–H and O–H groups in total. The molecule has 16 heavy (non-hydrogen) atoms. The fraction of sp³-hybridized carbons (Fsp3) is 0.900. The Hall–Kier alpha value is -0.585. The standard InChI is InChI=1S/C10H18BNO4/c1-10(3-2-4-11(15)16)6-5-7(6)12-8(10)9(13)14/h6-8,12,15-16H,2-5H2,1H3,(H,13,14). The molecule has 0 bridgehead atoms. The van der Waals surface area contributed by atoms with Gasteiger partial charge in [0.1, 0.15) is 6.04 Å². The molecule has 90 valence electrons. The second-order valence-electron chi connectivity index (χ2n) is 5.27. The van der Waals surface area contributed by atoms with Gasteiger partial charge in [0.05, 0.1) is 0 Å². The molecule has 4 atom stereocenters. The second-order valence-corrected chi connectivity index (χ2v) is 5.27. The smallest absolute Gasteiger partial charge is 0.451 e. The highest BCUT2D eigenvalue weighted by Gasteiger charge is 2.62. The van der Waals surface area contributed by atoms with Crippen LogP contribution in [0.4, 0.5) is 0 Å². The molecular formula is C10H18BNO4. The minimum atomic E-state index is -1.28. The predicted molar refractivity (Wildman–Crippen MR) is 58.8 cm³/mol. The lowest BCUT2D eigenvalue weighted by atomic mass is 9.72. The summed E-state index contributed by atoms with van der Waals surface area (Å²) < 4.78 is 0. The summed E-state index contributed by atoms with van der Waals surface area (Å²) in [4.78, 5) is 11.1. The van der Waals surface area contributed by atoms with Crippen molar-refractivity contribution in [1.29, 1.82) is 0 Å². The van der Waals surface area contributed by atoms with E-state index < -0.39 is 19.1 Å². The van der Waals surface area contributed by atoms with E-state index in [-0.39, 0.29) is 5.41 Å². The van der Waals surface area contributed by atoms with Crippen molar-refractivity contribution >= 4 is 13.1 Å². The molecule has 0 aromatic heterocycles. The molecule has 4 unspecified atom stereocenters. The Morgan fingerprint density at radius 3 is 2.81 bits per heavy atom. The van der Waals surface area contributed by atoms with Crippen LogP contribution in [-0.2, 0) is 4.79 Å². The van der Waals surface area contributed by atoms with E-state index in [2.05, 4.69) is 5.32 Å². The number of piperidine rings is 1. The van der Waals surface area contributed by atoms with Gasteiger partial charge in [-0.2, -0.15) is 0 Å². The SMILES string of the molecule is CC1(CCCB(O)O)C(C(=O)O)NC2CC21. The average Bonchev–Trinajstić information content (AvgIpc) is 2.87. The first-order chi connectivity index (χ1) is 7.45. The highest BCUT2D eigenvalue weighted by molar-refractivity contribution is 6.40. The van der Waals surface area contributed by atoms with Gasteiger partial charge in [-0.3, -0.25) is 4.79 Å². The van der Waals surface area contributed by atoms with Gasteiger partial charge in [-0.1, -0.05) is 13.3 Å². The Bertz CT molecular complexity index is 299. The Labute approximate surface area is 95.0 Å². The number of rotatable bonds is 5. The summed E-state index contributed by atoms with van der Waals surface area (Å²) in [6, 6.07) is -0.114. The Morgan fingerprint density at radius 1 is 1.56 bits per heavy atom. The van der Waals surface area contributed by atoms with Gasteiger partial charge in [-0.15, -0.1) is 0 Å². The third kappa shape index (κ3) is 1.97. The number of carbonyl (C=O) groups is 1. The van der Waals surface area contributed by atoms with Crippen LogP contribution in [0.25, 0.3) is 0 Å². The molecular weight excluding hydrogens is 209 g/mol. The molecule has 1 aliphatic carbocycles. The normalized spacial score (nSPS) is 40.6. The minimum absolute atomic E-state index is 0.231. The van der Waals surface area contributed by atoms with Crippen LogP contribution < -0.4 is 5.32 Å². The van der Waals surface area contributed by atoms with Crippen LogP contribution in [0, 0.1) is 11.3 Å². The number of aliphatic carboxylic acids is 1. The summed E-state index contributed by atoms with van der Waals surface area (Å²) in [5, 5.41) is 29.8. The number of hydrogen-bond acceptors (Lipinski definition) is 4. The van der Waals surface area contributed by atoms with Crippen molar-refractivity contribution in [2.75, 3.05) is 0 Å². The molecule has 6 heteroatoms. The number of carboxylic acid groups (broad SMARTS) is 1. The Morgan fingerprint density at radius 2 is 2.25 bits per heavy atom. The largest absolute Gasteiger partial charge is 0.480 e. The number of nitrogens with one attached hydrogen (secondary N) is 1. The van der Waals surface area contributed by atoms with Crippen LogP contribution in [0.5, 0.6) is 0 Å². The lowest BCUT2D eigenvalue weighted by molar-refractivity contribution is -0.142. The summed E-state index contributed by atoms with van der Waals surface area (Å²) in [6.45, 7) is 2.00. The fourth-order valence-electron chi connectivity index (χ4n) is 3.08. The van der Waals surface area contributed by atoms with Gasteiger partial charge in [0.25, 0.3) is 0 Å². The van der Waals surface area contributed by atoms with Crippen LogP contribution in [-0.4, -0.2) is 40.3 Å². The average molecular weight is 227 g/mol. The molecule has 1 saturated carbocycles. The van der Waals surface area contributed by atoms with Gasteiger partial charge < -0.3 is 20.5 Å². The monoisotopic (exact) mass is 227 g/mol. The zero-order chi connectivity index (χ0) is 11.9. The summed E-state index contributed by atoms with van der Waals surface area (Å²) in [6.07, 6.45) is 2.76. The summed E-state index contributed by atoms with van der Waals surface area (Å²) in [7, 11) is -1.28. The zero-order valence-corrected chi connectivity index (χ0v) is 9.39. The molecule has 0 radical (unpaired) electrons. The van der Waals surface area contributed by atoms with Crippen molar-refractivity contribution in [3.05, 3.63) is 0 Å². The summed E-state index contributed by atoms with van der Waals surface area (Å²) >= 11 is 0. The Balaban J connectivity index is 1.95. The molecule has 5 nitrogen and oxygen atoms in total. The summed E-state index contributed by atoms with van der Waals surface area (Å²) in [5.74, 6) is -0.344. The van der Waals surface area contributed by atoms with Gasteiger partial charge in [0.2, 0.25) is 0 Å². The number of fused-ring (bicyclic) bond motifs is 1. The quantitative estimate of drug-likeness (QED) is 0.484. The van der Waals surface area contributed by atoms with E-state index in [9.17, 15) is 4.79 Å². The predicted octanol–water partition coefficient (Wildman–Crippen LogP) is -0.309. The molecule has 0 amide bonds. The molecule has 1 heterocycles. The Kier molecular flexibility index (Phi) is 2.98.